The van der Waals surface area contributed by atoms with E-state index in [9.17, 15) is 9.59 Å². The Labute approximate surface area is 150 Å². The molecule has 3 atom stereocenters. The Bertz CT molecular complexity index is 606. The Morgan fingerprint density at radius 2 is 1.80 bits per heavy atom. The molecule has 3 N–H and O–H groups in total. The Morgan fingerprint density at radius 1 is 1.08 bits per heavy atom. The zero-order chi connectivity index (χ0) is 18.0. The van der Waals surface area contributed by atoms with E-state index in [1.807, 2.05) is 4.90 Å². The third-order valence-corrected chi connectivity index (χ3v) is 5.78. The van der Waals surface area contributed by atoms with Gasteiger partial charge in [0, 0.05) is 35.8 Å². The smallest absolute Gasteiger partial charge is 0.254 e. The molecule has 2 fully saturated rings. The van der Waals surface area contributed by atoms with Crippen LogP contribution in [-0.4, -0.2) is 48.8 Å². The first-order valence-electron chi connectivity index (χ1n) is 9.55. The largest absolute Gasteiger partial charge is 0.399 e. The fraction of sp³-hybridized carbons (Fsp3) is 0.600. The summed E-state index contributed by atoms with van der Waals surface area (Å²) in [6.45, 7) is 3.90. The second-order valence-corrected chi connectivity index (χ2v) is 7.70. The first-order valence-corrected chi connectivity index (χ1v) is 9.55. The number of likely N-dealkylation sites (tertiary alicyclic amines) is 2. The molecule has 3 rings (SSSR count). The van der Waals surface area contributed by atoms with E-state index in [4.69, 9.17) is 5.73 Å². The Morgan fingerprint density at radius 3 is 2.52 bits per heavy atom. The molecule has 1 unspecified atom stereocenters. The lowest BCUT2D eigenvalue weighted by Crippen LogP contribution is -3.14. The highest BCUT2D eigenvalue weighted by molar-refractivity contribution is 6.03. The number of nitrogens with one attached hydrogen (secondary N) is 1. The molecular weight excluding hydrogens is 314 g/mol. The van der Waals surface area contributed by atoms with Crippen LogP contribution in [-0.2, 0) is 0 Å². The second kappa shape index (κ2) is 7.56. The Kier molecular flexibility index (Phi) is 5.42. The second-order valence-electron chi connectivity index (χ2n) is 7.70. The number of piperidine rings is 2. The van der Waals surface area contributed by atoms with Gasteiger partial charge in [0.15, 0.2) is 6.04 Å². The number of quaternary nitrogens is 1. The molecule has 0 saturated carbocycles. The minimum Gasteiger partial charge on any atom is -0.399 e. The molecule has 1 amide bonds. The van der Waals surface area contributed by atoms with Crippen molar-refractivity contribution in [2.75, 3.05) is 25.9 Å². The SMILES string of the molecule is C[C@H]1CCCCN1C(=O)c1cc(N)cc(C(=O)[C@@H]2CCCC[NH+]2C)c1. The minimum atomic E-state index is -0.0209. The van der Waals surface area contributed by atoms with Gasteiger partial charge < -0.3 is 15.5 Å². The number of likely N-dealkylation sites (N-methyl/N-ethyl adjacent to an activating group) is 1. The van der Waals surface area contributed by atoms with Crippen LogP contribution in [0.2, 0.25) is 0 Å². The lowest BCUT2D eigenvalue weighted by atomic mass is 9.93. The topological polar surface area (TPSA) is 67.8 Å². The number of benzene rings is 1. The zero-order valence-corrected chi connectivity index (χ0v) is 15.4. The monoisotopic (exact) mass is 344 g/mol. The molecule has 5 nitrogen and oxygen atoms in total. The summed E-state index contributed by atoms with van der Waals surface area (Å²) in [6.07, 6.45) is 6.42. The summed E-state index contributed by atoms with van der Waals surface area (Å²) in [4.78, 5) is 29.1. The number of anilines is 1. The van der Waals surface area contributed by atoms with Crippen molar-refractivity contribution in [2.24, 2.45) is 0 Å². The number of amides is 1. The molecule has 2 aliphatic heterocycles. The van der Waals surface area contributed by atoms with Crippen molar-refractivity contribution in [1.82, 2.24) is 4.90 Å². The first kappa shape index (κ1) is 17.9. The van der Waals surface area contributed by atoms with Crippen LogP contribution >= 0.6 is 0 Å². The fourth-order valence-corrected chi connectivity index (χ4v) is 4.21. The Hall–Kier alpha value is -1.88. The molecule has 136 valence electrons. The third kappa shape index (κ3) is 3.87. The summed E-state index contributed by atoms with van der Waals surface area (Å²) in [5, 5.41) is 0. The molecule has 5 heteroatoms. The van der Waals surface area contributed by atoms with Gasteiger partial charge in [0.2, 0.25) is 5.78 Å². The molecule has 1 aromatic rings. The molecule has 2 aliphatic rings. The van der Waals surface area contributed by atoms with E-state index in [0.29, 0.717) is 16.8 Å². The Balaban J connectivity index is 1.85. The van der Waals surface area contributed by atoms with Crippen LogP contribution < -0.4 is 10.6 Å². The predicted molar refractivity (Wildman–Crippen MR) is 98.9 cm³/mol. The average molecular weight is 344 g/mol. The average Bonchev–Trinajstić information content (AvgIpc) is 2.61. The minimum absolute atomic E-state index is 0.00195. The summed E-state index contributed by atoms with van der Waals surface area (Å²) in [7, 11) is 2.08. The summed E-state index contributed by atoms with van der Waals surface area (Å²) >= 11 is 0. The summed E-state index contributed by atoms with van der Waals surface area (Å²) in [5.74, 6) is 0.114. The van der Waals surface area contributed by atoms with Gasteiger partial charge in [-0.2, -0.15) is 0 Å². The normalized spacial score (nSPS) is 27.1. The first-order chi connectivity index (χ1) is 12.0. The predicted octanol–water partition coefficient (Wildman–Crippen LogP) is 1.53. The van der Waals surface area contributed by atoms with E-state index in [1.165, 1.54) is 17.7 Å². The molecule has 0 aliphatic carbocycles. The molecule has 1 aromatic carbocycles. The number of nitrogens with zero attached hydrogens (tertiary/aromatic N) is 1. The molecule has 2 saturated heterocycles. The number of hydrogen-bond donors (Lipinski definition) is 2. The standard InChI is InChI=1S/C20H29N3O2/c1-14-7-3-6-10-23(14)20(25)16-11-15(12-17(21)13-16)19(24)18-8-4-5-9-22(18)2/h11-14,18H,3-10,21H2,1-2H3/p+1/t14-,18-/m0/s1. The van der Waals surface area contributed by atoms with Crippen molar-refractivity contribution in [2.45, 2.75) is 57.5 Å². The van der Waals surface area contributed by atoms with Gasteiger partial charge in [-0.25, -0.2) is 0 Å². The number of carbonyl (C=O) groups is 2. The van der Waals surface area contributed by atoms with Gasteiger partial charge in [0.1, 0.15) is 0 Å². The molecule has 0 spiro atoms. The van der Waals surface area contributed by atoms with Crippen molar-refractivity contribution in [1.29, 1.82) is 0 Å². The zero-order valence-electron chi connectivity index (χ0n) is 15.4. The van der Waals surface area contributed by atoms with Crippen molar-refractivity contribution >= 4 is 17.4 Å². The maximum Gasteiger partial charge on any atom is 0.254 e. The van der Waals surface area contributed by atoms with Crippen LogP contribution in [0.4, 0.5) is 5.69 Å². The molecular formula is C20H30N3O2+. The number of nitrogens with two attached hydrogens (primary N) is 1. The summed E-state index contributed by atoms with van der Waals surface area (Å²) < 4.78 is 0. The lowest BCUT2D eigenvalue weighted by Gasteiger charge is -2.33. The van der Waals surface area contributed by atoms with Crippen molar-refractivity contribution in [3.63, 3.8) is 0 Å². The number of ketones is 1. The van der Waals surface area contributed by atoms with Crippen LogP contribution in [0.15, 0.2) is 18.2 Å². The van der Waals surface area contributed by atoms with Crippen LogP contribution in [0.1, 0.15) is 66.2 Å². The van der Waals surface area contributed by atoms with Gasteiger partial charge in [-0.15, -0.1) is 0 Å². The van der Waals surface area contributed by atoms with Crippen LogP contribution in [0.25, 0.3) is 0 Å². The molecule has 0 radical (unpaired) electrons. The van der Waals surface area contributed by atoms with Gasteiger partial charge >= 0.3 is 0 Å². The van der Waals surface area contributed by atoms with E-state index >= 15 is 0 Å². The van der Waals surface area contributed by atoms with E-state index in [1.54, 1.807) is 18.2 Å². The van der Waals surface area contributed by atoms with Crippen LogP contribution in [0, 0.1) is 0 Å². The van der Waals surface area contributed by atoms with E-state index in [2.05, 4.69) is 14.0 Å². The number of carbonyl (C=O) groups excluding carboxylic acids is 2. The van der Waals surface area contributed by atoms with E-state index in [-0.39, 0.29) is 23.8 Å². The van der Waals surface area contributed by atoms with Crippen LogP contribution in [0.5, 0.6) is 0 Å². The van der Waals surface area contributed by atoms with Gasteiger partial charge in [-0.3, -0.25) is 9.59 Å². The number of Topliss-reactive ketones (excluding diaryl/α,β-unsaturated/α-hetero) is 1. The summed E-state index contributed by atoms with van der Waals surface area (Å²) in [6, 6.07) is 5.41. The highest BCUT2D eigenvalue weighted by atomic mass is 16.2. The number of rotatable bonds is 3. The fourth-order valence-electron chi connectivity index (χ4n) is 4.21. The van der Waals surface area contributed by atoms with E-state index < -0.39 is 0 Å². The van der Waals surface area contributed by atoms with Crippen molar-refractivity contribution in [3.8, 4) is 0 Å². The highest BCUT2D eigenvalue weighted by Gasteiger charge is 2.31. The molecule has 0 aromatic heterocycles. The summed E-state index contributed by atoms with van der Waals surface area (Å²) in [5.41, 5.74) is 7.66. The van der Waals surface area contributed by atoms with Crippen molar-refractivity contribution in [3.05, 3.63) is 29.3 Å². The third-order valence-electron chi connectivity index (χ3n) is 5.78. The molecule has 0 bridgehead atoms. The quantitative estimate of drug-likeness (QED) is 0.645. The van der Waals surface area contributed by atoms with Gasteiger partial charge in [-0.1, -0.05) is 0 Å². The molecule has 2 heterocycles. The van der Waals surface area contributed by atoms with Gasteiger partial charge in [0.25, 0.3) is 5.91 Å². The van der Waals surface area contributed by atoms with Crippen LogP contribution in [0.3, 0.4) is 0 Å². The number of hydrogen-bond acceptors (Lipinski definition) is 3. The van der Waals surface area contributed by atoms with Gasteiger partial charge in [0.05, 0.1) is 13.6 Å². The highest BCUT2D eigenvalue weighted by Crippen LogP contribution is 2.22. The van der Waals surface area contributed by atoms with Gasteiger partial charge in [-0.05, 0) is 57.2 Å². The maximum atomic E-state index is 13.0. The van der Waals surface area contributed by atoms with E-state index in [0.717, 1.165) is 38.8 Å². The number of nitrogen functional groups attached to an aromatic ring is 1. The maximum absolute atomic E-state index is 13.0. The lowest BCUT2D eigenvalue weighted by molar-refractivity contribution is -0.900. The van der Waals surface area contributed by atoms with Crippen molar-refractivity contribution < 1.29 is 14.5 Å². The molecule has 25 heavy (non-hydrogen) atoms.